The lowest BCUT2D eigenvalue weighted by Gasteiger charge is -2.19. The lowest BCUT2D eigenvalue weighted by Crippen LogP contribution is -2.11. The average molecular weight is 296 g/mol. The number of Topliss-reactive ketones (excluding diaryl/α,β-unsaturated/α-hetero) is 1. The third-order valence-corrected chi connectivity index (χ3v) is 4.47. The first kappa shape index (κ1) is 15.0. The summed E-state index contributed by atoms with van der Waals surface area (Å²) in [6, 6.07) is 14.6. The second-order valence-corrected chi connectivity index (χ2v) is 7.16. The van der Waals surface area contributed by atoms with Crippen LogP contribution in [-0.2, 0) is 5.41 Å². The highest BCUT2D eigenvalue weighted by Crippen LogP contribution is 2.49. The molecular formula is C20H21FO. The van der Waals surface area contributed by atoms with Crippen LogP contribution >= 0.6 is 0 Å². The highest BCUT2D eigenvalue weighted by atomic mass is 19.1. The van der Waals surface area contributed by atoms with Crippen LogP contribution in [0.1, 0.15) is 54.6 Å². The van der Waals surface area contributed by atoms with Gasteiger partial charge in [0.2, 0.25) is 0 Å². The zero-order valence-corrected chi connectivity index (χ0v) is 13.3. The average Bonchev–Trinajstić information content (AvgIpc) is 3.26. The second kappa shape index (κ2) is 5.35. The van der Waals surface area contributed by atoms with Crippen molar-refractivity contribution in [2.75, 3.05) is 0 Å². The van der Waals surface area contributed by atoms with Crippen molar-refractivity contribution in [3.8, 4) is 0 Å². The predicted molar refractivity (Wildman–Crippen MR) is 86.7 cm³/mol. The minimum absolute atomic E-state index is 0.0380. The van der Waals surface area contributed by atoms with Gasteiger partial charge >= 0.3 is 0 Å². The van der Waals surface area contributed by atoms with Gasteiger partial charge in [-0.05, 0) is 34.9 Å². The van der Waals surface area contributed by atoms with Gasteiger partial charge in [-0.3, -0.25) is 4.79 Å². The molecule has 0 aromatic heterocycles. The molecule has 1 nitrogen and oxygen atoms in total. The molecule has 1 fully saturated rings. The molecule has 0 N–H and O–H groups in total. The lowest BCUT2D eigenvalue weighted by atomic mass is 9.86. The Kier molecular flexibility index (Phi) is 3.64. The van der Waals surface area contributed by atoms with Crippen molar-refractivity contribution in [3.63, 3.8) is 0 Å². The molecule has 0 spiro atoms. The van der Waals surface area contributed by atoms with Crippen molar-refractivity contribution in [3.05, 3.63) is 71.0 Å². The van der Waals surface area contributed by atoms with E-state index >= 15 is 0 Å². The Labute approximate surface area is 131 Å². The Morgan fingerprint density at radius 2 is 1.68 bits per heavy atom. The molecule has 2 atom stereocenters. The van der Waals surface area contributed by atoms with E-state index in [0.29, 0.717) is 5.56 Å². The van der Waals surface area contributed by atoms with Crippen LogP contribution in [0.2, 0.25) is 0 Å². The lowest BCUT2D eigenvalue weighted by molar-refractivity contribution is 0.0965. The fourth-order valence-corrected chi connectivity index (χ4v) is 2.95. The van der Waals surface area contributed by atoms with Gasteiger partial charge in [-0.2, -0.15) is 0 Å². The van der Waals surface area contributed by atoms with E-state index in [1.165, 1.54) is 11.6 Å². The maximum Gasteiger partial charge on any atom is 0.166 e. The minimum atomic E-state index is -0.203. The van der Waals surface area contributed by atoms with E-state index in [1.807, 2.05) is 30.3 Å². The molecule has 0 radical (unpaired) electrons. The van der Waals surface area contributed by atoms with E-state index in [0.717, 1.165) is 12.0 Å². The monoisotopic (exact) mass is 296 g/mol. The van der Waals surface area contributed by atoms with Crippen LogP contribution in [0.15, 0.2) is 48.5 Å². The summed E-state index contributed by atoms with van der Waals surface area (Å²) in [5.74, 6) is -0.104. The fraction of sp³-hybridized carbons (Fsp3) is 0.350. The van der Waals surface area contributed by atoms with Crippen molar-refractivity contribution in [2.45, 2.75) is 38.5 Å². The van der Waals surface area contributed by atoms with E-state index in [1.54, 1.807) is 12.1 Å². The molecular weight excluding hydrogens is 275 g/mol. The Hall–Kier alpha value is -1.96. The summed E-state index contributed by atoms with van der Waals surface area (Å²) in [6.07, 6.45) is 0.751. The van der Waals surface area contributed by atoms with Gasteiger partial charge in [-0.25, -0.2) is 4.39 Å². The van der Waals surface area contributed by atoms with Crippen molar-refractivity contribution in [1.82, 2.24) is 0 Å². The number of hydrogen-bond acceptors (Lipinski definition) is 1. The SMILES string of the molecule is CC(C)(C)c1ccc(C(=O)C2CC2c2ccccc2F)cc1. The van der Waals surface area contributed by atoms with Crippen molar-refractivity contribution in [1.29, 1.82) is 0 Å². The van der Waals surface area contributed by atoms with E-state index < -0.39 is 0 Å². The van der Waals surface area contributed by atoms with E-state index in [2.05, 4.69) is 20.8 Å². The molecule has 22 heavy (non-hydrogen) atoms. The normalized spacial score (nSPS) is 20.7. The number of halogens is 1. The molecule has 114 valence electrons. The highest BCUT2D eigenvalue weighted by Gasteiger charge is 2.45. The summed E-state index contributed by atoms with van der Waals surface area (Å²) >= 11 is 0. The maximum absolute atomic E-state index is 13.8. The Morgan fingerprint density at radius 1 is 1.05 bits per heavy atom. The molecule has 0 aliphatic heterocycles. The van der Waals surface area contributed by atoms with Gasteiger partial charge in [0, 0.05) is 11.5 Å². The minimum Gasteiger partial charge on any atom is -0.294 e. The van der Waals surface area contributed by atoms with Gasteiger partial charge in [0.1, 0.15) is 5.82 Å². The number of ketones is 1. The first-order chi connectivity index (χ1) is 10.4. The quantitative estimate of drug-likeness (QED) is 0.719. The van der Waals surface area contributed by atoms with Gasteiger partial charge in [0.05, 0.1) is 0 Å². The van der Waals surface area contributed by atoms with Gasteiger partial charge in [0.25, 0.3) is 0 Å². The first-order valence-electron chi connectivity index (χ1n) is 7.77. The molecule has 0 amide bonds. The number of carbonyl (C=O) groups is 1. The zero-order valence-electron chi connectivity index (χ0n) is 13.3. The van der Waals surface area contributed by atoms with E-state index in [4.69, 9.17) is 0 Å². The van der Waals surface area contributed by atoms with Crippen LogP contribution in [0, 0.1) is 11.7 Å². The van der Waals surface area contributed by atoms with Crippen LogP contribution in [0.5, 0.6) is 0 Å². The van der Waals surface area contributed by atoms with Gasteiger partial charge in [0.15, 0.2) is 5.78 Å². The third kappa shape index (κ3) is 2.83. The summed E-state index contributed by atoms with van der Waals surface area (Å²) < 4.78 is 13.8. The Morgan fingerprint density at radius 3 is 2.27 bits per heavy atom. The number of carbonyl (C=O) groups excluding carboxylic acids is 1. The summed E-state index contributed by atoms with van der Waals surface area (Å²) in [7, 11) is 0. The fourth-order valence-electron chi connectivity index (χ4n) is 2.95. The number of hydrogen-bond donors (Lipinski definition) is 0. The van der Waals surface area contributed by atoms with Gasteiger partial charge in [-0.15, -0.1) is 0 Å². The van der Waals surface area contributed by atoms with Crippen LogP contribution in [0.3, 0.4) is 0 Å². The molecule has 2 aromatic rings. The summed E-state index contributed by atoms with van der Waals surface area (Å²) in [4.78, 5) is 12.5. The molecule has 1 aliphatic carbocycles. The topological polar surface area (TPSA) is 17.1 Å². The van der Waals surface area contributed by atoms with Crippen molar-refractivity contribution >= 4 is 5.78 Å². The third-order valence-electron chi connectivity index (χ3n) is 4.47. The largest absolute Gasteiger partial charge is 0.294 e. The first-order valence-corrected chi connectivity index (χ1v) is 7.77. The van der Waals surface area contributed by atoms with Gasteiger partial charge in [-0.1, -0.05) is 63.2 Å². The van der Waals surface area contributed by atoms with Crippen LogP contribution in [0.25, 0.3) is 0 Å². The van der Waals surface area contributed by atoms with Crippen LogP contribution < -0.4 is 0 Å². The maximum atomic E-state index is 13.8. The Balaban J connectivity index is 1.75. The molecule has 1 saturated carbocycles. The Bertz CT molecular complexity index is 694. The molecule has 3 rings (SSSR count). The van der Waals surface area contributed by atoms with Crippen molar-refractivity contribution in [2.24, 2.45) is 5.92 Å². The molecule has 0 heterocycles. The van der Waals surface area contributed by atoms with Gasteiger partial charge < -0.3 is 0 Å². The standard InChI is InChI=1S/C20H21FO/c1-20(2,3)14-10-8-13(9-11-14)19(22)17-12-16(17)15-6-4-5-7-18(15)21/h4-11,16-17H,12H2,1-3H3. The summed E-state index contributed by atoms with van der Waals surface area (Å²) in [6.45, 7) is 6.46. The van der Waals surface area contributed by atoms with E-state index in [9.17, 15) is 9.18 Å². The molecule has 2 unspecified atom stereocenters. The number of rotatable bonds is 3. The molecule has 0 saturated heterocycles. The van der Waals surface area contributed by atoms with Crippen molar-refractivity contribution < 1.29 is 9.18 Å². The summed E-state index contributed by atoms with van der Waals surface area (Å²) in [5, 5.41) is 0. The molecule has 2 heteroatoms. The molecule has 1 aliphatic rings. The second-order valence-electron chi connectivity index (χ2n) is 7.16. The number of benzene rings is 2. The zero-order chi connectivity index (χ0) is 15.9. The predicted octanol–water partition coefficient (Wildman–Crippen LogP) is 5.11. The summed E-state index contributed by atoms with van der Waals surface area (Å²) in [5.41, 5.74) is 2.70. The highest BCUT2D eigenvalue weighted by molar-refractivity contribution is 6.00. The van der Waals surface area contributed by atoms with Crippen LogP contribution in [-0.4, -0.2) is 5.78 Å². The molecule has 0 bridgehead atoms. The molecule has 2 aromatic carbocycles. The van der Waals surface area contributed by atoms with Crippen LogP contribution in [0.4, 0.5) is 4.39 Å². The van der Waals surface area contributed by atoms with E-state index in [-0.39, 0.29) is 28.9 Å². The smallest absolute Gasteiger partial charge is 0.166 e.